The van der Waals surface area contributed by atoms with E-state index in [1.807, 2.05) is 45.0 Å². The van der Waals surface area contributed by atoms with Crippen LogP contribution < -0.4 is 14.4 Å². The predicted octanol–water partition coefficient (Wildman–Crippen LogP) is 4.15. The van der Waals surface area contributed by atoms with Crippen molar-refractivity contribution in [3.8, 4) is 5.75 Å². The topological polar surface area (TPSA) is 96.0 Å². The van der Waals surface area contributed by atoms with Crippen LogP contribution in [0.3, 0.4) is 0 Å². The Bertz CT molecular complexity index is 1150. The van der Waals surface area contributed by atoms with Crippen molar-refractivity contribution < 1.29 is 22.7 Å². The minimum absolute atomic E-state index is 0.0593. The van der Waals surface area contributed by atoms with Crippen molar-refractivity contribution >= 4 is 39.1 Å². The van der Waals surface area contributed by atoms with Crippen LogP contribution in [-0.4, -0.2) is 57.1 Å². The number of hydrogen-bond acceptors (Lipinski definition) is 5. The van der Waals surface area contributed by atoms with Gasteiger partial charge in [0.05, 0.1) is 24.1 Å². The number of benzene rings is 2. The minimum atomic E-state index is -3.62. The third kappa shape index (κ3) is 8.41. The molecule has 10 heteroatoms. The van der Waals surface area contributed by atoms with E-state index in [-0.39, 0.29) is 48.8 Å². The molecule has 0 aliphatic carbocycles. The van der Waals surface area contributed by atoms with Crippen molar-refractivity contribution in [2.45, 2.75) is 59.2 Å². The first-order chi connectivity index (χ1) is 16.8. The Kier molecular flexibility index (Phi) is 10.6. The molecule has 198 valence electrons. The van der Waals surface area contributed by atoms with Crippen LogP contribution in [0.5, 0.6) is 5.75 Å². The fourth-order valence-corrected chi connectivity index (χ4v) is 4.90. The zero-order valence-corrected chi connectivity index (χ0v) is 23.3. The monoisotopic (exact) mass is 537 g/mol. The number of rotatable bonds is 12. The number of anilines is 1. The van der Waals surface area contributed by atoms with Gasteiger partial charge >= 0.3 is 0 Å². The number of sulfonamides is 1. The number of aryl methyl sites for hydroxylation is 1. The molecule has 0 saturated heterocycles. The number of hydrogen-bond donors (Lipinski definition) is 1. The lowest BCUT2D eigenvalue weighted by molar-refractivity contribution is -0.140. The Morgan fingerprint density at radius 2 is 1.72 bits per heavy atom. The number of nitrogens with one attached hydrogen (secondary N) is 1. The van der Waals surface area contributed by atoms with Crippen LogP contribution in [0.2, 0.25) is 5.02 Å². The van der Waals surface area contributed by atoms with Gasteiger partial charge in [0.15, 0.2) is 0 Å². The Labute approximate surface area is 219 Å². The molecule has 0 radical (unpaired) electrons. The van der Waals surface area contributed by atoms with Gasteiger partial charge in [-0.2, -0.15) is 0 Å². The first-order valence-corrected chi connectivity index (χ1v) is 14.0. The molecule has 0 aromatic heterocycles. The number of halogens is 1. The highest BCUT2D eigenvalue weighted by Crippen LogP contribution is 2.30. The first-order valence-electron chi connectivity index (χ1n) is 11.8. The highest BCUT2D eigenvalue weighted by molar-refractivity contribution is 7.92. The van der Waals surface area contributed by atoms with E-state index in [9.17, 15) is 18.0 Å². The minimum Gasteiger partial charge on any atom is -0.495 e. The summed E-state index contributed by atoms with van der Waals surface area (Å²) in [6.45, 7) is 7.76. The van der Waals surface area contributed by atoms with Gasteiger partial charge in [-0.25, -0.2) is 8.42 Å². The van der Waals surface area contributed by atoms with E-state index in [1.165, 1.54) is 22.4 Å². The molecule has 1 atom stereocenters. The Balaban J connectivity index is 2.18. The predicted molar refractivity (Wildman–Crippen MR) is 144 cm³/mol. The Hall–Kier alpha value is -2.78. The zero-order valence-electron chi connectivity index (χ0n) is 21.7. The molecule has 0 fully saturated rings. The first kappa shape index (κ1) is 29.5. The number of amides is 2. The molecule has 36 heavy (non-hydrogen) atoms. The van der Waals surface area contributed by atoms with Gasteiger partial charge < -0.3 is 15.0 Å². The molecule has 1 unspecified atom stereocenters. The van der Waals surface area contributed by atoms with Gasteiger partial charge in [0.2, 0.25) is 21.8 Å². The lowest BCUT2D eigenvalue weighted by atomic mass is 10.1. The summed E-state index contributed by atoms with van der Waals surface area (Å²) in [5, 5.41) is 3.15. The Morgan fingerprint density at radius 1 is 1.08 bits per heavy atom. The molecular formula is C26H36ClN3O5S. The summed E-state index contributed by atoms with van der Waals surface area (Å²) >= 11 is 6.19. The van der Waals surface area contributed by atoms with Crippen molar-refractivity contribution in [1.82, 2.24) is 10.2 Å². The highest BCUT2D eigenvalue weighted by Gasteiger charge is 2.27. The molecule has 2 aromatic carbocycles. The van der Waals surface area contributed by atoms with E-state index in [1.54, 1.807) is 19.1 Å². The van der Waals surface area contributed by atoms with E-state index in [0.29, 0.717) is 11.4 Å². The summed E-state index contributed by atoms with van der Waals surface area (Å²) in [7, 11) is -2.15. The summed E-state index contributed by atoms with van der Waals surface area (Å²) < 4.78 is 31.3. The van der Waals surface area contributed by atoms with Crippen LogP contribution >= 0.6 is 11.6 Å². The van der Waals surface area contributed by atoms with Crippen LogP contribution in [0.1, 0.15) is 44.7 Å². The lowest BCUT2D eigenvalue weighted by Gasteiger charge is -2.30. The standard InChI is InChI=1S/C26H36ClN3O5S/c1-18(2)28-26(32)20(4)29(17-21-11-9-19(3)10-12-21)25(31)8-7-15-30(36(6,33)34)22-13-14-24(35-5)23(27)16-22/h9-14,16,18,20H,7-8,15,17H2,1-6H3,(H,28,32). The Morgan fingerprint density at radius 3 is 2.25 bits per heavy atom. The molecule has 0 heterocycles. The molecule has 2 aromatic rings. The third-order valence-corrected chi connectivity index (χ3v) is 7.14. The largest absolute Gasteiger partial charge is 0.495 e. The lowest BCUT2D eigenvalue weighted by Crippen LogP contribution is -2.49. The fraction of sp³-hybridized carbons (Fsp3) is 0.462. The third-order valence-electron chi connectivity index (χ3n) is 5.65. The van der Waals surface area contributed by atoms with Gasteiger partial charge in [-0.3, -0.25) is 13.9 Å². The van der Waals surface area contributed by atoms with Gasteiger partial charge in [-0.05, 0) is 57.9 Å². The summed E-state index contributed by atoms with van der Waals surface area (Å²) in [6, 6.07) is 11.8. The van der Waals surface area contributed by atoms with Crippen molar-refractivity contribution in [1.29, 1.82) is 0 Å². The molecule has 0 bridgehead atoms. The van der Waals surface area contributed by atoms with Crippen molar-refractivity contribution in [2.24, 2.45) is 0 Å². The van der Waals surface area contributed by atoms with Crippen LogP contribution in [0, 0.1) is 6.92 Å². The van der Waals surface area contributed by atoms with Gasteiger partial charge in [0, 0.05) is 25.6 Å². The summed E-state index contributed by atoms with van der Waals surface area (Å²) in [6.07, 6.45) is 1.44. The summed E-state index contributed by atoms with van der Waals surface area (Å²) in [4.78, 5) is 27.5. The second-order valence-electron chi connectivity index (χ2n) is 9.10. The quantitative estimate of drug-likeness (QED) is 0.439. The maximum Gasteiger partial charge on any atom is 0.242 e. The number of methoxy groups -OCH3 is 1. The zero-order chi connectivity index (χ0) is 27.0. The van der Waals surface area contributed by atoms with Crippen molar-refractivity contribution in [2.75, 3.05) is 24.2 Å². The molecule has 0 aliphatic rings. The molecule has 8 nitrogen and oxygen atoms in total. The van der Waals surface area contributed by atoms with Crippen LogP contribution in [0.15, 0.2) is 42.5 Å². The number of nitrogens with zero attached hydrogens (tertiary/aromatic N) is 2. The molecule has 0 spiro atoms. The van der Waals surface area contributed by atoms with E-state index in [0.717, 1.165) is 17.4 Å². The summed E-state index contributed by atoms with van der Waals surface area (Å²) in [5.74, 6) is -0.0382. The second kappa shape index (κ2) is 13.0. The van der Waals surface area contributed by atoms with E-state index in [4.69, 9.17) is 16.3 Å². The average molecular weight is 538 g/mol. The second-order valence-corrected chi connectivity index (χ2v) is 11.4. The van der Waals surface area contributed by atoms with E-state index < -0.39 is 16.1 Å². The maximum atomic E-state index is 13.3. The van der Waals surface area contributed by atoms with Crippen molar-refractivity contribution in [3.63, 3.8) is 0 Å². The van der Waals surface area contributed by atoms with Crippen LogP contribution in [0.4, 0.5) is 5.69 Å². The molecule has 2 amide bonds. The normalized spacial score (nSPS) is 12.2. The molecule has 0 aliphatic heterocycles. The van der Waals surface area contributed by atoms with Gasteiger partial charge in [0.1, 0.15) is 11.8 Å². The molecule has 2 rings (SSSR count). The number of ether oxygens (including phenoxy) is 1. The molecular weight excluding hydrogens is 502 g/mol. The van der Waals surface area contributed by atoms with Crippen LogP contribution in [0.25, 0.3) is 0 Å². The van der Waals surface area contributed by atoms with Crippen molar-refractivity contribution in [3.05, 3.63) is 58.6 Å². The fourth-order valence-electron chi connectivity index (χ4n) is 3.69. The van der Waals surface area contributed by atoms with Gasteiger partial charge in [-0.1, -0.05) is 41.4 Å². The number of carbonyl (C=O) groups excluding carboxylic acids is 2. The van der Waals surface area contributed by atoms with Gasteiger partial charge in [-0.15, -0.1) is 0 Å². The van der Waals surface area contributed by atoms with E-state index in [2.05, 4.69) is 5.32 Å². The summed E-state index contributed by atoms with van der Waals surface area (Å²) in [5.41, 5.74) is 2.39. The maximum absolute atomic E-state index is 13.3. The van der Waals surface area contributed by atoms with Crippen LogP contribution in [-0.2, 0) is 26.2 Å². The number of carbonyl (C=O) groups is 2. The average Bonchev–Trinajstić information content (AvgIpc) is 2.79. The highest BCUT2D eigenvalue weighted by atomic mass is 35.5. The van der Waals surface area contributed by atoms with E-state index >= 15 is 0 Å². The smallest absolute Gasteiger partial charge is 0.242 e. The van der Waals surface area contributed by atoms with Gasteiger partial charge in [0.25, 0.3) is 0 Å². The molecule has 0 saturated carbocycles. The molecule has 1 N–H and O–H groups in total. The SMILES string of the molecule is COc1ccc(N(CCCC(=O)N(Cc2ccc(C)cc2)C(C)C(=O)NC(C)C)S(C)(=O)=O)cc1Cl.